The van der Waals surface area contributed by atoms with Gasteiger partial charge in [-0.05, 0) is 12.8 Å². The van der Waals surface area contributed by atoms with Crippen molar-refractivity contribution in [1.29, 1.82) is 0 Å². The minimum absolute atomic E-state index is 0.0403. The number of aliphatic hydroxyl groups is 1. The molecule has 0 bridgehead atoms. The molecule has 0 aromatic carbocycles. The van der Waals surface area contributed by atoms with Crippen LogP contribution in [-0.2, 0) is 38.1 Å². The van der Waals surface area contributed by atoms with Crippen LogP contribution in [0, 0.1) is 5.41 Å². The van der Waals surface area contributed by atoms with Crippen LogP contribution in [0.1, 0.15) is 168 Å². The highest BCUT2D eigenvalue weighted by atomic mass is 32.3. The fraction of sp³-hybridized carbons (Fsp3) is 1.00. The molecule has 0 fully saturated rings. The van der Waals surface area contributed by atoms with E-state index in [9.17, 15) is 21.9 Å². The highest BCUT2D eigenvalue weighted by Crippen LogP contribution is 2.22. The van der Waals surface area contributed by atoms with Crippen LogP contribution in [-0.4, -0.2) is 66.1 Å². The lowest BCUT2D eigenvalue weighted by Crippen LogP contribution is -2.42. The van der Waals surface area contributed by atoms with Crippen LogP contribution < -0.4 is 0 Å². The van der Waals surface area contributed by atoms with Gasteiger partial charge in [-0.2, -0.15) is 16.8 Å². The topological polar surface area (TPSA) is 146 Å². The Hall–Kier alpha value is -0.340. The van der Waals surface area contributed by atoms with Crippen molar-refractivity contribution in [2.45, 2.75) is 168 Å². The molecular formula is C33H68O10S2. The Morgan fingerprint density at radius 3 is 1.09 bits per heavy atom. The summed E-state index contributed by atoms with van der Waals surface area (Å²) in [6.07, 6.45) is 29.3. The minimum Gasteiger partial charge on any atom is -0.396 e. The summed E-state index contributed by atoms with van der Waals surface area (Å²) in [7, 11) is -10.3. The quantitative estimate of drug-likeness (QED) is 0.0485. The zero-order valence-corrected chi connectivity index (χ0v) is 30.3. The van der Waals surface area contributed by atoms with Crippen molar-refractivity contribution in [2.24, 2.45) is 5.41 Å². The Bertz CT molecular complexity index is 818. The van der Waals surface area contributed by atoms with Gasteiger partial charge >= 0.3 is 20.8 Å². The monoisotopic (exact) mass is 688 g/mol. The third-order valence-corrected chi connectivity index (χ3v) is 9.88. The zero-order valence-electron chi connectivity index (χ0n) is 28.7. The Kier molecular flexibility index (Phi) is 29.5. The van der Waals surface area contributed by atoms with Gasteiger partial charge in [0, 0.05) is 13.2 Å². The summed E-state index contributed by atoms with van der Waals surface area (Å²) < 4.78 is 74.1. The maximum Gasteiger partial charge on any atom is 0.416 e. The average molecular weight is 689 g/mol. The van der Waals surface area contributed by atoms with E-state index in [0.717, 1.165) is 38.5 Å². The first kappa shape index (κ1) is 44.7. The highest BCUT2D eigenvalue weighted by molar-refractivity contribution is 7.94. The van der Waals surface area contributed by atoms with E-state index in [-0.39, 0.29) is 13.2 Å². The van der Waals surface area contributed by atoms with E-state index in [1.807, 2.05) is 0 Å². The minimum atomic E-state index is -5.28. The van der Waals surface area contributed by atoms with Crippen LogP contribution >= 0.6 is 0 Å². The molecule has 0 spiro atoms. The summed E-state index contributed by atoms with van der Waals surface area (Å²) in [6.45, 7) is 4.12. The van der Waals surface area contributed by atoms with Crippen LogP contribution in [0.5, 0.6) is 0 Å². The third-order valence-electron chi connectivity index (χ3n) is 8.12. The molecule has 0 aliphatic carbocycles. The van der Waals surface area contributed by atoms with E-state index >= 15 is 0 Å². The van der Waals surface area contributed by atoms with Gasteiger partial charge < -0.3 is 14.6 Å². The maximum atomic E-state index is 11.9. The molecule has 0 radical (unpaired) electrons. The molecule has 0 saturated carbocycles. The first-order chi connectivity index (χ1) is 21.6. The smallest absolute Gasteiger partial charge is 0.396 e. The SMILES string of the molecule is CCCCCCCCCCCCCCOCC(CO)(COCCCCCCCCCCCCCC)COS(=O)(=O)OS(=O)(=O)O. The van der Waals surface area contributed by atoms with Gasteiger partial charge in [0.15, 0.2) is 0 Å². The molecule has 0 aromatic heterocycles. The Labute approximate surface area is 277 Å². The third kappa shape index (κ3) is 30.7. The molecular weight excluding hydrogens is 620 g/mol. The molecule has 0 aromatic rings. The van der Waals surface area contributed by atoms with E-state index in [0.29, 0.717) is 13.2 Å². The molecule has 10 nitrogen and oxygen atoms in total. The fourth-order valence-corrected chi connectivity index (χ4v) is 6.65. The molecule has 0 rings (SSSR count). The number of aliphatic hydroxyl groups excluding tert-OH is 1. The van der Waals surface area contributed by atoms with E-state index < -0.39 is 39.4 Å². The van der Waals surface area contributed by atoms with Crippen molar-refractivity contribution >= 4 is 20.8 Å². The molecule has 0 aliphatic rings. The summed E-state index contributed by atoms with van der Waals surface area (Å²) in [5.41, 5.74) is -1.25. The van der Waals surface area contributed by atoms with Gasteiger partial charge in [-0.25, -0.2) is 4.18 Å². The van der Waals surface area contributed by atoms with Crippen molar-refractivity contribution in [2.75, 3.05) is 39.6 Å². The second-order valence-corrected chi connectivity index (χ2v) is 15.2. The number of hydrogen-bond donors (Lipinski definition) is 2. The summed E-state index contributed by atoms with van der Waals surface area (Å²) in [4.78, 5) is 0. The van der Waals surface area contributed by atoms with E-state index in [1.54, 1.807) is 0 Å². The predicted molar refractivity (Wildman–Crippen MR) is 181 cm³/mol. The Morgan fingerprint density at radius 1 is 0.489 bits per heavy atom. The van der Waals surface area contributed by atoms with Crippen molar-refractivity contribution in [3.8, 4) is 0 Å². The molecule has 0 saturated heterocycles. The van der Waals surface area contributed by atoms with Crippen LogP contribution in [0.3, 0.4) is 0 Å². The van der Waals surface area contributed by atoms with Crippen LogP contribution in [0.25, 0.3) is 0 Å². The fourth-order valence-electron chi connectivity index (χ4n) is 5.25. The molecule has 0 unspecified atom stereocenters. The van der Waals surface area contributed by atoms with Crippen LogP contribution in [0.4, 0.5) is 0 Å². The average Bonchev–Trinajstić information content (AvgIpc) is 2.98. The molecule has 0 atom stereocenters. The van der Waals surface area contributed by atoms with Crippen molar-refractivity contribution in [3.63, 3.8) is 0 Å². The second kappa shape index (κ2) is 29.8. The first-order valence-electron chi connectivity index (χ1n) is 17.9. The summed E-state index contributed by atoms with van der Waals surface area (Å²) in [6, 6.07) is 0. The van der Waals surface area contributed by atoms with Gasteiger partial charge in [-0.3, -0.25) is 4.55 Å². The van der Waals surface area contributed by atoms with Gasteiger partial charge in [0.05, 0.1) is 31.8 Å². The maximum absolute atomic E-state index is 11.9. The lowest BCUT2D eigenvalue weighted by Gasteiger charge is -2.30. The van der Waals surface area contributed by atoms with Crippen LogP contribution in [0.2, 0.25) is 0 Å². The summed E-state index contributed by atoms with van der Waals surface area (Å²) >= 11 is 0. The van der Waals surface area contributed by atoms with Crippen molar-refractivity contribution in [3.05, 3.63) is 0 Å². The lowest BCUT2D eigenvalue weighted by atomic mass is 9.92. The van der Waals surface area contributed by atoms with Gasteiger partial charge in [-0.1, -0.05) is 155 Å². The first-order valence-corrected chi connectivity index (χ1v) is 20.6. The second-order valence-electron chi connectivity index (χ2n) is 12.7. The van der Waals surface area contributed by atoms with E-state index in [2.05, 4.69) is 17.5 Å². The molecule has 272 valence electrons. The Morgan fingerprint density at radius 2 is 0.800 bits per heavy atom. The van der Waals surface area contributed by atoms with Gasteiger partial charge in [0.1, 0.15) is 0 Å². The van der Waals surface area contributed by atoms with Crippen molar-refractivity contribution in [1.82, 2.24) is 0 Å². The van der Waals surface area contributed by atoms with Gasteiger partial charge in [-0.15, -0.1) is 3.63 Å². The largest absolute Gasteiger partial charge is 0.416 e. The number of ether oxygens (including phenoxy) is 2. The lowest BCUT2D eigenvalue weighted by molar-refractivity contribution is -0.0728. The molecule has 0 aliphatic heterocycles. The number of rotatable bonds is 36. The standard InChI is InChI=1S/C33H68O10S2/c1-3-5-7-9-11-13-15-17-19-21-23-25-27-40-30-33(29-34,32-42-45(38,39)43-44(35,36)37)31-41-28-26-24-22-20-18-16-14-12-10-8-6-4-2/h34H,3-32H2,1-2H3,(H,35,36,37). The summed E-state index contributed by atoms with van der Waals surface area (Å²) in [5.74, 6) is 0. The molecule has 0 amide bonds. The summed E-state index contributed by atoms with van der Waals surface area (Å²) in [5, 5.41) is 10.2. The highest BCUT2D eigenvalue weighted by Gasteiger charge is 2.35. The number of hydrogen-bond acceptors (Lipinski definition) is 9. The molecule has 2 N–H and O–H groups in total. The van der Waals surface area contributed by atoms with E-state index in [1.165, 1.54) is 116 Å². The normalized spacial score (nSPS) is 12.7. The van der Waals surface area contributed by atoms with Crippen molar-refractivity contribution < 1.29 is 43.8 Å². The molecule has 0 heterocycles. The zero-order chi connectivity index (χ0) is 33.5. The molecule has 12 heteroatoms. The van der Waals surface area contributed by atoms with Gasteiger partial charge in [0.25, 0.3) is 0 Å². The number of unbranched alkanes of at least 4 members (excludes halogenated alkanes) is 22. The molecule has 45 heavy (non-hydrogen) atoms. The van der Waals surface area contributed by atoms with Crippen LogP contribution in [0.15, 0.2) is 0 Å². The van der Waals surface area contributed by atoms with Gasteiger partial charge in [0.2, 0.25) is 0 Å². The van der Waals surface area contributed by atoms with E-state index in [4.69, 9.17) is 18.2 Å². The Balaban J connectivity index is 4.36. The predicted octanol–water partition coefficient (Wildman–Crippen LogP) is 8.48.